The van der Waals surface area contributed by atoms with Crippen LogP contribution in [0.25, 0.3) is 0 Å². The lowest BCUT2D eigenvalue weighted by Crippen LogP contribution is -2.08. The molecule has 0 spiro atoms. The topological polar surface area (TPSA) is 21.3 Å². The molecule has 1 N–H and O–H groups in total. The fraction of sp³-hybridized carbons (Fsp3) is 0.667. The number of nitrogens with one attached hydrogen (secondary N) is 1. The van der Waals surface area contributed by atoms with E-state index >= 15 is 0 Å². The van der Waals surface area contributed by atoms with E-state index in [9.17, 15) is 0 Å². The summed E-state index contributed by atoms with van der Waals surface area (Å²) in [6.45, 7) is 3.01. The largest absolute Gasteiger partial charge is 0.276 e. The molecule has 0 fully saturated rings. The van der Waals surface area contributed by atoms with Crippen molar-refractivity contribution in [2.24, 2.45) is 0 Å². The van der Waals surface area contributed by atoms with Gasteiger partial charge in [-0.05, 0) is 25.0 Å². The zero-order chi connectivity index (χ0) is 15.2. The Bertz CT molecular complexity index is 331. The third kappa shape index (κ3) is 10.8. The molecule has 1 unspecified atom stereocenters. The van der Waals surface area contributed by atoms with Crippen LogP contribution < -0.4 is 5.48 Å². The van der Waals surface area contributed by atoms with Gasteiger partial charge in [-0.1, -0.05) is 86.0 Å². The second-order valence-corrected chi connectivity index (χ2v) is 6.91. The van der Waals surface area contributed by atoms with Crippen LogP contribution in [0, 0.1) is 0 Å². The summed E-state index contributed by atoms with van der Waals surface area (Å²) in [5.74, 6) is 0. The van der Waals surface area contributed by atoms with E-state index in [1.165, 1.54) is 51.4 Å². The number of para-hydroxylation sites is 1. The maximum atomic E-state index is 5.48. The molecule has 3 heteroatoms. The van der Waals surface area contributed by atoms with Crippen LogP contribution in [0.2, 0.25) is 0 Å². The summed E-state index contributed by atoms with van der Waals surface area (Å²) >= 11 is 3.75. The molecule has 1 rings (SSSR count). The van der Waals surface area contributed by atoms with Gasteiger partial charge >= 0.3 is 0 Å². The van der Waals surface area contributed by atoms with Crippen molar-refractivity contribution in [2.75, 3.05) is 12.1 Å². The second kappa shape index (κ2) is 13.1. The van der Waals surface area contributed by atoms with Crippen molar-refractivity contribution in [3.8, 4) is 0 Å². The van der Waals surface area contributed by atoms with Crippen LogP contribution in [0.5, 0.6) is 0 Å². The highest BCUT2D eigenvalue weighted by atomic mass is 79.9. The summed E-state index contributed by atoms with van der Waals surface area (Å²) in [5, 5.41) is 0. The number of halogens is 1. The fourth-order valence-electron chi connectivity index (χ4n) is 2.29. The van der Waals surface area contributed by atoms with Gasteiger partial charge < -0.3 is 0 Å². The minimum Gasteiger partial charge on any atom is -0.276 e. The van der Waals surface area contributed by atoms with Crippen molar-refractivity contribution in [1.82, 2.24) is 0 Å². The predicted octanol–water partition coefficient (Wildman–Crippen LogP) is 6.32. The minimum atomic E-state index is 0.575. The van der Waals surface area contributed by atoms with E-state index in [-0.39, 0.29) is 0 Å². The van der Waals surface area contributed by atoms with Gasteiger partial charge in [-0.15, -0.1) is 0 Å². The maximum Gasteiger partial charge on any atom is 0.0756 e. The van der Waals surface area contributed by atoms with E-state index in [0.717, 1.165) is 18.7 Å². The number of anilines is 1. The highest BCUT2D eigenvalue weighted by molar-refractivity contribution is 9.09. The summed E-state index contributed by atoms with van der Waals surface area (Å²) in [7, 11) is 0. The molecule has 0 radical (unpaired) electrons. The number of hydrogen-bond donors (Lipinski definition) is 1. The van der Waals surface area contributed by atoms with Crippen molar-refractivity contribution in [3.05, 3.63) is 30.3 Å². The first-order valence-corrected chi connectivity index (χ1v) is 9.31. The Morgan fingerprint density at radius 2 is 1.62 bits per heavy atom. The van der Waals surface area contributed by atoms with Gasteiger partial charge in [-0.25, -0.2) is 0 Å². The van der Waals surface area contributed by atoms with Crippen molar-refractivity contribution in [2.45, 2.75) is 69.5 Å². The van der Waals surface area contributed by atoms with Gasteiger partial charge in [0.25, 0.3) is 0 Å². The highest BCUT2D eigenvalue weighted by Gasteiger charge is 2.04. The summed E-state index contributed by atoms with van der Waals surface area (Å²) in [6.07, 6.45) is 11.9. The quantitative estimate of drug-likeness (QED) is 0.253. The van der Waals surface area contributed by atoms with Crippen LogP contribution >= 0.6 is 15.9 Å². The monoisotopic (exact) mass is 355 g/mol. The Morgan fingerprint density at radius 3 is 2.33 bits per heavy atom. The van der Waals surface area contributed by atoms with E-state index in [0.29, 0.717) is 4.83 Å². The van der Waals surface area contributed by atoms with Crippen LogP contribution in [0.1, 0.15) is 64.7 Å². The normalized spacial score (nSPS) is 12.3. The van der Waals surface area contributed by atoms with Crippen molar-refractivity contribution in [1.29, 1.82) is 0 Å². The van der Waals surface area contributed by atoms with Gasteiger partial charge in [0.05, 0.1) is 12.3 Å². The van der Waals surface area contributed by atoms with Gasteiger partial charge in [0.1, 0.15) is 0 Å². The van der Waals surface area contributed by atoms with Crippen LogP contribution in [-0.4, -0.2) is 11.4 Å². The second-order valence-electron chi connectivity index (χ2n) is 5.61. The minimum absolute atomic E-state index is 0.575. The van der Waals surface area contributed by atoms with Crippen molar-refractivity contribution < 1.29 is 4.84 Å². The Morgan fingerprint density at radius 1 is 0.952 bits per heavy atom. The van der Waals surface area contributed by atoms with Crippen LogP contribution in [0.15, 0.2) is 30.3 Å². The number of rotatable bonds is 13. The van der Waals surface area contributed by atoms with Crippen LogP contribution in [0.3, 0.4) is 0 Å². The third-order valence-electron chi connectivity index (χ3n) is 3.62. The van der Waals surface area contributed by atoms with E-state index in [2.05, 4.69) is 28.3 Å². The molecule has 2 nitrogen and oxygen atoms in total. The SMILES string of the molecule is CCCCCCCCCC(Br)CCONc1ccccc1. The molecule has 1 aromatic rings. The molecule has 120 valence electrons. The zero-order valence-corrected chi connectivity index (χ0v) is 14.9. The number of unbranched alkanes of at least 4 members (excludes halogenated alkanes) is 6. The Hall–Kier alpha value is -0.540. The summed E-state index contributed by atoms with van der Waals surface area (Å²) in [5.41, 5.74) is 3.99. The summed E-state index contributed by atoms with van der Waals surface area (Å²) < 4.78 is 0. The Kier molecular flexibility index (Phi) is 11.6. The standard InChI is InChI=1S/C18H30BrNO/c1-2-3-4-5-6-7-9-12-17(19)15-16-21-20-18-13-10-8-11-14-18/h8,10-11,13-14,17,20H,2-7,9,12,15-16H2,1H3. The number of benzene rings is 1. The smallest absolute Gasteiger partial charge is 0.0756 e. The molecule has 0 saturated carbocycles. The number of hydrogen-bond acceptors (Lipinski definition) is 2. The van der Waals surface area contributed by atoms with Gasteiger partial charge in [0, 0.05) is 4.83 Å². The van der Waals surface area contributed by atoms with E-state index in [1.807, 2.05) is 30.3 Å². The first-order valence-electron chi connectivity index (χ1n) is 8.40. The van der Waals surface area contributed by atoms with Gasteiger partial charge in [0.15, 0.2) is 0 Å². The summed E-state index contributed by atoms with van der Waals surface area (Å²) in [4.78, 5) is 6.06. The lowest BCUT2D eigenvalue weighted by molar-refractivity contribution is 0.189. The Balaban J connectivity index is 1.88. The molecular formula is C18H30BrNO. The van der Waals surface area contributed by atoms with Crippen molar-refractivity contribution >= 4 is 21.6 Å². The molecule has 0 heterocycles. The molecular weight excluding hydrogens is 326 g/mol. The molecule has 1 atom stereocenters. The van der Waals surface area contributed by atoms with Crippen molar-refractivity contribution in [3.63, 3.8) is 0 Å². The highest BCUT2D eigenvalue weighted by Crippen LogP contribution is 2.16. The third-order valence-corrected chi connectivity index (χ3v) is 4.53. The molecule has 0 aromatic heterocycles. The molecule has 0 aliphatic heterocycles. The van der Waals surface area contributed by atoms with Gasteiger partial charge in [-0.3, -0.25) is 10.3 Å². The molecule has 0 bridgehead atoms. The van der Waals surface area contributed by atoms with Gasteiger partial charge in [0.2, 0.25) is 0 Å². The van der Waals surface area contributed by atoms with E-state index < -0.39 is 0 Å². The first-order chi connectivity index (χ1) is 10.3. The fourth-order valence-corrected chi connectivity index (χ4v) is 2.81. The van der Waals surface area contributed by atoms with E-state index in [4.69, 9.17) is 4.84 Å². The summed E-state index contributed by atoms with van der Waals surface area (Å²) in [6, 6.07) is 10.0. The zero-order valence-electron chi connectivity index (χ0n) is 13.3. The number of alkyl halides is 1. The molecule has 0 aliphatic rings. The first kappa shape index (κ1) is 18.5. The lowest BCUT2D eigenvalue weighted by Gasteiger charge is -2.11. The molecule has 0 aliphatic carbocycles. The molecule has 1 aromatic carbocycles. The lowest BCUT2D eigenvalue weighted by atomic mass is 10.1. The predicted molar refractivity (Wildman–Crippen MR) is 96.0 cm³/mol. The molecule has 21 heavy (non-hydrogen) atoms. The molecule has 0 saturated heterocycles. The van der Waals surface area contributed by atoms with Gasteiger partial charge in [-0.2, -0.15) is 0 Å². The maximum absolute atomic E-state index is 5.48. The average Bonchev–Trinajstić information content (AvgIpc) is 2.52. The molecule has 0 amide bonds. The van der Waals surface area contributed by atoms with Crippen LogP contribution in [0.4, 0.5) is 5.69 Å². The van der Waals surface area contributed by atoms with E-state index in [1.54, 1.807) is 0 Å². The average molecular weight is 356 g/mol. The Labute approximate surface area is 138 Å². The van der Waals surface area contributed by atoms with Crippen LogP contribution in [-0.2, 0) is 4.84 Å².